The van der Waals surface area contributed by atoms with E-state index < -0.39 is 0 Å². The van der Waals surface area contributed by atoms with E-state index in [1.807, 2.05) is 0 Å². The molecule has 0 unspecified atom stereocenters. The van der Waals surface area contributed by atoms with Crippen molar-refractivity contribution in [3.8, 4) is 11.5 Å². The van der Waals surface area contributed by atoms with Crippen LogP contribution in [0.2, 0.25) is 0 Å². The van der Waals surface area contributed by atoms with Gasteiger partial charge in [0.2, 0.25) is 5.89 Å². The number of aromatic nitrogens is 1. The van der Waals surface area contributed by atoms with Gasteiger partial charge in [0.15, 0.2) is 0 Å². The van der Waals surface area contributed by atoms with Gasteiger partial charge in [0.25, 0.3) is 0 Å². The standard InChI is InChI=1S/C11H9ClFNO/c1-7-6-15-11(14-7)10-8(5-12)3-2-4-9(10)13/h2-4,6H,5H2,1H3. The summed E-state index contributed by atoms with van der Waals surface area (Å²) >= 11 is 5.72. The minimum Gasteiger partial charge on any atom is -0.444 e. The number of hydrogen-bond acceptors (Lipinski definition) is 2. The van der Waals surface area contributed by atoms with E-state index in [1.54, 1.807) is 19.1 Å². The molecule has 15 heavy (non-hydrogen) atoms. The molecule has 0 saturated heterocycles. The van der Waals surface area contributed by atoms with Gasteiger partial charge in [0.05, 0.1) is 11.3 Å². The lowest BCUT2D eigenvalue weighted by atomic mass is 10.1. The molecule has 0 N–H and O–H groups in total. The lowest BCUT2D eigenvalue weighted by Crippen LogP contribution is -1.91. The quantitative estimate of drug-likeness (QED) is 0.731. The summed E-state index contributed by atoms with van der Waals surface area (Å²) in [7, 11) is 0. The van der Waals surface area contributed by atoms with Gasteiger partial charge in [0, 0.05) is 5.88 Å². The molecule has 0 radical (unpaired) electrons. The maximum atomic E-state index is 13.6. The Morgan fingerprint density at radius 1 is 1.47 bits per heavy atom. The van der Waals surface area contributed by atoms with Crippen LogP contribution in [0.3, 0.4) is 0 Å². The highest BCUT2D eigenvalue weighted by atomic mass is 35.5. The Bertz CT molecular complexity index is 481. The second-order valence-corrected chi connectivity index (χ2v) is 3.47. The van der Waals surface area contributed by atoms with Crippen LogP contribution < -0.4 is 0 Å². The van der Waals surface area contributed by atoms with Gasteiger partial charge in [-0.2, -0.15) is 0 Å². The molecule has 2 aromatic rings. The monoisotopic (exact) mass is 225 g/mol. The molecule has 4 heteroatoms. The van der Waals surface area contributed by atoms with Crippen molar-refractivity contribution in [2.45, 2.75) is 12.8 Å². The van der Waals surface area contributed by atoms with Crippen molar-refractivity contribution in [3.05, 3.63) is 41.5 Å². The van der Waals surface area contributed by atoms with E-state index in [-0.39, 0.29) is 17.6 Å². The van der Waals surface area contributed by atoms with E-state index in [1.165, 1.54) is 12.3 Å². The van der Waals surface area contributed by atoms with Crippen LogP contribution in [0.4, 0.5) is 4.39 Å². The number of rotatable bonds is 2. The third-order valence-corrected chi connectivity index (χ3v) is 2.36. The third-order valence-electron chi connectivity index (χ3n) is 2.08. The first kappa shape index (κ1) is 10.2. The van der Waals surface area contributed by atoms with Crippen molar-refractivity contribution in [2.75, 3.05) is 0 Å². The third kappa shape index (κ3) is 1.88. The number of halogens is 2. The Labute approximate surface area is 91.7 Å². The van der Waals surface area contributed by atoms with Crippen LogP contribution in [0.25, 0.3) is 11.5 Å². The van der Waals surface area contributed by atoms with Gasteiger partial charge < -0.3 is 4.42 Å². The first-order valence-electron chi connectivity index (χ1n) is 4.48. The van der Waals surface area contributed by atoms with Gasteiger partial charge in [-0.25, -0.2) is 9.37 Å². The molecule has 78 valence electrons. The summed E-state index contributed by atoms with van der Waals surface area (Å²) in [6.45, 7) is 1.79. The number of hydrogen-bond donors (Lipinski definition) is 0. The van der Waals surface area contributed by atoms with Crippen LogP contribution in [-0.2, 0) is 5.88 Å². The molecule has 2 nitrogen and oxygen atoms in total. The van der Waals surface area contributed by atoms with Gasteiger partial charge in [-0.05, 0) is 18.6 Å². The fraction of sp³-hybridized carbons (Fsp3) is 0.182. The van der Waals surface area contributed by atoms with Crippen LogP contribution in [-0.4, -0.2) is 4.98 Å². The molecule has 0 amide bonds. The Morgan fingerprint density at radius 2 is 2.27 bits per heavy atom. The van der Waals surface area contributed by atoms with Crippen molar-refractivity contribution < 1.29 is 8.81 Å². The van der Waals surface area contributed by atoms with Crippen molar-refractivity contribution in [1.29, 1.82) is 0 Å². The van der Waals surface area contributed by atoms with E-state index in [9.17, 15) is 4.39 Å². The normalized spacial score (nSPS) is 10.6. The zero-order valence-corrected chi connectivity index (χ0v) is 8.88. The second-order valence-electron chi connectivity index (χ2n) is 3.20. The van der Waals surface area contributed by atoms with E-state index in [0.29, 0.717) is 16.8 Å². The summed E-state index contributed by atoms with van der Waals surface area (Å²) in [5.41, 5.74) is 1.74. The minimum absolute atomic E-state index is 0.231. The number of aryl methyl sites for hydroxylation is 1. The summed E-state index contributed by atoms with van der Waals surface area (Å²) in [5.74, 6) is 0.144. The zero-order chi connectivity index (χ0) is 10.8. The Kier molecular flexibility index (Phi) is 2.73. The highest BCUT2D eigenvalue weighted by Gasteiger charge is 2.14. The highest BCUT2D eigenvalue weighted by Crippen LogP contribution is 2.27. The molecule has 1 aromatic carbocycles. The van der Waals surface area contributed by atoms with E-state index in [2.05, 4.69) is 4.98 Å². The molecule has 0 aliphatic heterocycles. The summed E-state index contributed by atoms with van der Waals surface area (Å²) < 4.78 is 18.7. The van der Waals surface area contributed by atoms with Crippen LogP contribution in [0.1, 0.15) is 11.3 Å². The Hall–Kier alpha value is -1.35. The second kappa shape index (κ2) is 4.03. The fourth-order valence-corrected chi connectivity index (χ4v) is 1.61. The molecule has 2 rings (SSSR count). The average Bonchev–Trinajstić information content (AvgIpc) is 2.64. The molecule has 0 spiro atoms. The molecular weight excluding hydrogens is 217 g/mol. The van der Waals surface area contributed by atoms with Gasteiger partial charge in [-0.1, -0.05) is 12.1 Å². The maximum absolute atomic E-state index is 13.6. The van der Waals surface area contributed by atoms with Crippen LogP contribution in [0.5, 0.6) is 0 Å². The van der Waals surface area contributed by atoms with Crippen molar-refractivity contribution in [3.63, 3.8) is 0 Å². The smallest absolute Gasteiger partial charge is 0.229 e. The molecule has 0 atom stereocenters. The Morgan fingerprint density at radius 3 is 2.87 bits per heavy atom. The summed E-state index contributed by atoms with van der Waals surface area (Å²) in [6.07, 6.45) is 1.49. The molecule has 0 aliphatic carbocycles. The fourth-order valence-electron chi connectivity index (χ4n) is 1.39. The predicted molar refractivity (Wildman–Crippen MR) is 56.2 cm³/mol. The van der Waals surface area contributed by atoms with Crippen LogP contribution in [0, 0.1) is 12.7 Å². The van der Waals surface area contributed by atoms with Gasteiger partial charge >= 0.3 is 0 Å². The van der Waals surface area contributed by atoms with Gasteiger partial charge in [0.1, 0.15) is 12.1 Å². The number of nitrogens with zero attached hydrogens (tertiary/aromatic N) is 1. The van der Waals surface area contributed by atoms with Crippen molar-refractivity contribution in [2.24, 2.45) is 0 Å². The molecule has 1 aromatic heterocycles. The van der Waals surface area contributed by atoms with Crippen LogP contribution >= 0.6 is 11.6 Å². The summed E-state index contributed by atoms with van der Waals surface area (Å²) in [4.78, 5) is 4.09. The minimum atomic E-state index is -0.366. The molecule has 1 heterocycles. The van der Waals surface area contributed by atoms with Gasteiger partial charge in [-0.3, -0.25) is 0 Å². The molecular formula is C11H9ClFNO. The van der Waals surface area contributed by atoms with Crippen LogP contribution in [0.15, 0.2) is 28.9 Å². The van der Waals surface area contributed by atoms with Gasteiger partial charge in [-0.15, -0.1) is 11.6 Å². The SMILES string of the molecule is Cc1coc(-c2c(F)cccc2CCl)n1. The Balaban J connectivity index is 2.60. The lowest BCUT2D eigenvalue weighted by molar-refractivity contribution is 0.560. The first-order valence-corrected chi connectivity index (χ1v) is 5.01. The molecule has 0 aliphatic rings. The highest BCUT2D eigenvalue weighted by molar-refractivity contribution is 6.17. The van der Waals surface area contributed by atoms with Crippen molar-refractivity contribution >= 4 is 11.6 Å². The maximum Gasteiger partial charge on any atom is 0.229 e. The zero-order valence-electron chi connectivity index (χ0n) is 8.13. The van der Waals surface area contributed by atoms with E-state index in [4.69, 9.17) is 16.0 Å². The number of oxazole rings is 1. The number of alkyl halides is 1. The first-order chi connectivity index (χ1) is 7.22. The van der Waals surface area contributed by atoms with E-state index in [0.717, 1.165) is 0 Å². The predicted octanol–water partition coefficient (Wildman–Crippen LogP) is 3.53. The topological polar surface area (TPSA) is 26.0 Å². The molecule has 0 saturated carbocycles. The van der Waals surface area contributed by atoms with Crippen molar-refractivity contribution in [1.82, 2.24) is 4.98 Å². The summed E-state index contributed by atoms with van der Waals surface area (Å²) in [6, 6.07) is 4.74. The molecule has 0 bridgehead atoms. The lowest BCUT2D eigenvalue weighted by Gasteiger charge is -2.03. The van der Waals surface area contributed by atoms with E-state index >= 15 is 0 Å². The largest absolute Gasteiger partial charge is 0.444 e. The molecule has 0 fully saturated rings. The number of benzene rings is 1. The average molecular weight is 226 g/mol. The summed E-state index contributed by atoms with van der Waals surface area (Å²) in [5, 5.41) is 0.